The third-order valence-corrected chi connectivity index (χ3v) is 5.88. The van der Waals surface area contributed by atoms with E-state index in [1.54, 1.807) is 0 Å². The first kappa shape index (κ1) is 30.1. The number of methoxy groups -OCH3 is 3. The molecule has 0 aromatic carbocycles. The van der Waals surface area contributed by atoms with Crippen molar-refractivity contribution in [3.63, 3.8) is 0 Å². The van der Waals surface area contributed by atoms with Crippen molar-refractivity contribution in [2.45, 2.75) is 82.0 Å². The first-order chi connectivity index (χ1) is 17.1. The molecule has 206 valence electrons. The van der Waals surface area contributed by atoms with E-state index >= 15 is 0 Å². The fraction of sp³-hybridized carbons (Fsp3) is 0.783. The highest BCUT2D eigenvalue weighted by Gasteiger charge is 2.61. The van der Waals surface area contributed by atoms with E-state index in [9.17, 15) is 19.5 Å². The van der Waals surface area contributed by atoms with Gasteiger partial charge in [-0.2, -0.15) is 0 Å². The monoisotopic (exact) mass is 520 g/mol. The summed E-state index contributed by atoms with van der Waals surface area (Å²) in [5.74, 6) is -2.00. The molecular weight excluding hydrogens is 484 g/mol. The van der Waals surface area contributed by atoms with Crippen LogP contribution in [0.1, 0.15) is 27.2 Å². The SMILES string of the molecule is C=CC[C@@]1(COC(C)=O)O[C@H](O[C@H]2[C@H](OC)[C@@H](OC)[C@@H](OC)O[C@@H]2CO)[C@@H](OC(C)=O)[C@@H]1OC(C)=O. The van der Waals surface area contributed by atoms with Gasteiger partial charge in [-0.25, -0.2) is 0 Å². The summed E-state index contributed by atoms with van der Waals surface area (Å²) in [7, 11) is 4.27. The minimum Gasteiger partial charge on any atom is -0.463 e. The van der Waals surface area contributed by atoms with Crippen molar-refractivity contribution in [3.8, 4) is 0 Å². The number of carbonyl (C=O) groups is 3. The summed E-state index contributed by atoms with van der Waals surface area (Å²) in [4.78, 5) is 35.6. The lowest BCUT2D eigenvalue weighted by atomic mass is 9.92. The zero-order chi connectivity index (χ0) is 27.0. The fourth-order valence-electron chi connectivity index (χ4n) is 4.43. The molecule has 0 spiro atoms. The number of ether oxygens (including phenoxy) is 9. The van der Waals surface area contributed by atoms with Gasteiger partial charge in [0, 0.05) is 48.5 Å². The van der Waals surface area contributed by atoms with Gasteiger partial charge in [0.25, 0.3) is 0 Å². The maximum absolute atomic E-state index is 12.0. The lowest BCUT2D eigenvalue weighted by molar-refractivity contribution is -0.335. The summed E-state index contributed by atoms with van der Waals surface area (Å²) in [5.41, 5.74) is -1.49. The van der Waals surface area contributed by atoms with Crippen LogP contribution < -0.4 is 0 Å². The zero-order valence-corrected chi connectivity index (χ0v) is 21.4. The van der Waals surface area contributed by atoms with Gasteiger partial charge in [0.1, 0.15) is 36.6 Å². The smallest absolute Gasteiger partial charge is 0.303 e. The minimum absolute atomic E-state index is 0.0423. The standard InChI is InChI=1S/C23H36O13/c1-8-9-23(11-31-12(2)25)20(33-14(4)27)19(32-13(3)26)22(36-23)35-16-15(10-24)34-21(30-7)18(29-6)17(16)28-5/h8,15-22,24H,1,9-11H2,2-7H3/t15-,16-,17+,18-,19+,20+,21+,22+,23+/m1/s1. The molecule has 0 bridgehead atoms. The van der Waals surface area contributed by atoms with Crippen molar-refractivity contribution in [2.75, 3.05) is 34.5 Å². The van der Waals surface area contributed by atoms with Crippen LogP contribution in [0.2, 0.25) is 0 Å². The van der Waals surface area contributed by atoms with Crippen LogP contribution in [-0.4, -0.2) is 112 Å². The van der Waals surface area contributed by atoms with Crippen molar-refractivity contribution in [1.29, 1.82) is 0 Å². The van der Waals surface area contributed by atoms with E-state index in [-0.39, 0.29) is 13.0 Å². The summed E-state index contributed by atoms with van der Waals surface area (Å²) in [6.45, 7) is 6.43. The summed E-state index contributed by atoms with van der Waals surface area (Å²) in [6, 6.07) is 0. The Balaban J connectivity index is 2.50. The number of rotatable bonds is 12. The second-order valence-corrected chi connectivity index (χ2v) is 8.39. The molecule has 0 radical (unpaired) electrons. The third kappa shape index (κ3) is 6.79. The third-order valence-electron chi connectivity index (χ3n) is 5.88. The van der Waals surface area contributed by atoms with Gasteiger partial charge in [-0.3, -0.25) is 14.4 Å². The Morgan fingerprint density at radius 1 is 0.889 bits per heavy atom. The quantitative estimate of drug-likeness (QED) is 0.206. The van der Waals surface area contributed by atoms with Crippen LogP contribution in [-0.2, 0) is 57.0 Å². The van der Waals surface area contributed by atoms with Crippen LogP contribution in [0.4, 0.5) is 0 Å². The van der Waals surface area contributed by atoms with Crippen LogP contribution in [0.25, 0.3) is 0 Å². The molecule has 36 heavy (non-hydrogen) atoms. The van der Waals surface area contributed by atoms with Crippen LogP contribution in [0, 0.1) is 0 Å². The number of hydrogen-bond acceptors (Lipinski definition) is 13. The highest BCUT2D eigenvalue weighted by atomic mass is 16.8. The molecule has 0 aromatic rings. The molecule has 13 heteroatoms. The molecule has 0 saturated carbocycles. The number of hydrogen-bond donors (Lipinski definition) is 1. The van der Waals surface area contributed by atoms with E-state index in [1.165, 1.54) is 48.2 Å². The largest absolute Gasteiger partial charge is 0.463 e. The molecule has 2 rings (SSSR count). The van der Waals surface area contributed by atoms with E-state index < -0.39 is 79.3 Å². The van der Waals surface area contributed by atoms with E-state index in [0.717, 1.165) is 0 Å². The molecule has 0 unspecified atom stereocenters. The van der Waals surface area contributed by atoms with Crippen LogP contribution >= 0.6 is 0 Å². The average Bonchev–Trinajstić information content (AvgIpc) is 3.08. The molecule has 2 fully saturated rings. The molecule has 0 aliphatic carbocycles. The molecule has 1 N–H and O–H groups in total. The molecule has 2 heterocycles. The predicted molar refractivity (Wildman–Crippen MR) is 119 cm³/mol. The second kappa shape index (κ2) is 13.4. The van der Waals surface area contributed by atoms with Crippen molar-refractivity contribution in [1.82, 2.24) is 0 Å². The maximum Gasteiger partial charge on any atom is 0.303 e. The number of carbonyl (C=O) groups excluding carboxylic acids is 3. The molecule has 0 amide bonds. The van der Waals surface area contributed by atoms with Crippen molar-refractivity contribution in [3.05, 3.63) is 12.7 Å². The Kier molecular flexibility index (Phi) is 11.2. The van der Waals surface area contributed by atoms with Crippen LogP contribution in [0.5, 0.6) is 0 Å². The van der Waals surface area contributed by atoms with Crippen LogP contribution in [0.3, 0.4) is 0 Å². The molecule has 2 saturated heterocycles. The lowest BCUT2D eigenvalue weighted by Crippen LogP contribution is -2.62. The maximum atomic E-state index is 12.0. The summed E-state index contributed by atoms with van der Waals surface area (Å²) >= 11 is 0. The van der Waals surface area contributed by atoms with Gasteiger partial charge in [-0.05, 0) is 0 Å². The summed E-state index contributed by atoms with van der Waals surface area (Å²) in [6.07, 6.45) is -6.75. The second-order valence-electron chi connectivity index (χ2n) is 8.39. The summed E-state index contributed by atoms with van der Waals surface area (Å²) < 4.78 is 50.8. The topological polar surface area (TPSA) is 155 Å². The van der Waals surface area contributed by atoms with Crippen molar-refractivity contribution < 1.29 is 62.1 Å². The van der Waals surface area contributed by atoms with Gasteiger partial charge in [0.2, 0.25) is 0 Å². The first-order valence-corrected chi connectivity index (χ1v) is 11.3. The first-order valence-electron chi connectivity index (χ1n) is 11.3. The minimum atomic E-state index is -1.49. The van der Waals surface area contributed by atoms with Gasteiger partial charge in [0.05, 0.1) is 6.61 Å². The number of aliphatic hydroxyl groups is 1. The van der Waals surface area contributed by atoms with Crippen molar-refractivity contribution in [2.24, 2.45) is 0 Å². The van der Waals surface area contributed by atoms with E-state index in [1.807, 2.05) is 0 Å². The highest BCUT2D eigenvalue weighted by Crippen LogP contribution is 2.41. The van der Waals surface area contributed by atoms with Gasteiger partial charge in [-0.15, -0.1) is 6.58 Å². The van der Waals surface area contributed by atoms with Crippen LogP contribution in [0.15, 0.2) is 12.7 Å². The van der Waals surface area contributed by atoms with E-state index in [0.29, 0.717) is 0 Å². The Bertz CT molecular complexity index is 773. The Morgan fingerprint density at radius 2 is 1.53 bits per heavy atom. The average molecular weight is 521 g/mol. The predicted octanol–water partition coefficient (Wildman–Crippen LogP) is -0.137. The fourth-order valence-corrected chi connectivity index (χ4v) is 4.43. The number of esters is 3. The lowest BCUT2D eigenvalue weighted by Gasteiger charge is -2.45. The van der Waals surface area contributed by atoms with Gasteiger partial charge < -0.3 is 47.7 Å². The molecular formula is C23H36O13. The molecule has 2 aliphatic rings. The van der Waals surface area contributed by atoms with Gasteiger partial charge in [-0.1, -0.05) is 6.08 Å². The van der Waals surface area contributed by atoms with E-state index in [2.05, 4.69) is 6.58 Å². The van der Waals surface area contributed by atoms with Crippen molar-refractivity contribution >= 4 is 17.9 Å². The normalized spacial score (nSPS) is 36.2. The number of aliphatic hydroxyl groups excluding tert-OH is 1. The summed E-state index contributed by atoms with van der Waals surface area (Å²) in [5, 5.41) is 10.0. The molecule has 0 aromatic heterocycles. The highest BCUT2D eigenvalue weighted by molar-refractivity contribution is 5.68. The van der Waals surface area contributed by atoms with Gasteiger partial charge >= 0.3 is 17.9 Å². The molecule has 9 atom stereocenters. The Morgan fingerprint density at radius 3 is 2.00 bits per heavy atom. The zero-order valence-electron chi connectivity index (χ0n) is 21.4. The Labute approximate surface area is 209 Å². The molecule has 2 aliphatic heterocycles. The van der Waals surface area contributed by atoms with Gasteiger partial charge in [0.15, 0.2) is 24.8 Å². The van der Waals surface area contributed by atoms with E-state index in [4.69, 9.17) is 42.6 Å². The Hall–Kier alpha value is -2.13. The molecule has 13 nitrogen and oxygen atoms in total.